The summed E-state index contributed by atoms with van der Waals surface area (Å²) >= 11 is 1.22. The van der Waals surface area contributed by atoms with Gasteiger partial charge in [0, 0.05) is 6.20 Å². The molecule has 3 heterocycles. The Labute approximate surface area is 155 Å². The maximum absolute atomic E-state index is 13.0. The van der Waals surface area contributed by atoms with Crippen molar-refractivity contribution in [3.05, 3.63) is 60.0 Å². The third-order valence-corrected chi connectivity index (χ3v) is 4.89. The number of aromatic nitrogens is 7. The van der Waals surface area contributed by atoms with Gasteiger partial charge in [-0.2, -0.15) is 17.9 Å². The Hall–Kier alpha value is -2.95. The molecule has 0 spiro atoms. The van der Waals surface area contributed by atoms with E-state index in [4.69, 9.17) is 0 Å². The Morgan fingerprint density at radius 1 is 1.00 bits per heavy atom. The third kappa shape index (κ3) is 3.37. The molecular weight excluding hydrogens is 379 g/mol. The molecular formula is C16H12F3N7S. The van der Waals surface area contributed by atoms with E-state index in [1.54, 1.807) is 4.68 Å². The van der Waals surface area contributed by atoms with Gasteiger partial charge >= 0.3 is 6.18 Å². The van der Waals surface area contributed by atoms with E-state index in [0.717, 1.165) is 18.0 Å². The van der Waals surface area contributed by atoms with Gasteiger partial charge in [-0.3, -0.25) is 4.40 Å². The van der Waals surface area contributed by atoms with Crippen LogP contribution >= 0.6 is 11.8 Å². The summed E-state index contributed by atoms with van der Waals surface area (Å²) in [5.74, 6) is 0.551. The first-order valence-corrected chi connectivity index (χ1v) is 8.74. The first kappa shape index (κ1) is 17.5. The first-order valence-electron chi connectivity index (χ1n) is 7.86. The zero-order chi connectivity index (χ0) is 19.0. The number of fused-ring (bicyclic) bond motifs is 1. The summed E-state index contributed by atoms with van der Waals surface area (Å²) in [5.41, 5.74) is 0.356. The third-order valence-electron chi connectivity index (χ3n) is 3.84. The predicted octanol–water partition coefficient (Wildman–Crippen LogP) is 3.58. The molecule has 0 aliphatic carbocycles. The Bertz CT molecular complexity index is 1070. The fourth-order valence-corrected chi connectivity index (χ4v) is 3.45. The molecule has 0 amide bonds. The highest BCUT2D eigenvalue weighted by Crippen LogP contribution is 2.35. The second-order valence-electron chi connectivity index (χ2n) is 5.67. The van der Waals surface area contributed by atoms with E-state index in [1.165, 1.54) is 22.2 Å². The van der Waals surface area contributed by atoms with E-state index in [0.29, 0.717) is 16.6 Å². The highest BCUT2D eigenvalue weighted by molar-refractivity contribution is 7.99. The van der Waals surface area contributed by atoms with Crippen LogP contribution < -0.4 is 0 Å². The van der Waals surface area contributed by atoms with Crippen molar-refractivity contribution >= 4 is 17.4 Å². The molecule has 4 aromatic rings. The van der Waals surface area contributed by atoms with E-state index >= 15 is 0 Å². The van der Waals surface area contributed by atoms with Gasteiger partial charge in [-0.25, -0.2) is 0 Å². The highest BCUT2D eigenvalue weighted by Gasteiger charge is 2.31. The summed E-state index contributed by atoms with van der Waals surface area (Å²) in [6.07, 6.45) is -3.45. The number of pyridine rings is 1. The van der Waals surface area contributed by atoms with Crippen LogP contribution in [0.3, 0.4) is 0 Å². The SMILES string of the molecule is C[C@@H](Sc1nnc2ccc(C(F)(F)F)cn12)c1nnnn1-c1ccccc1. The fourth-order valence-electron chi connectivity index (χ4n) is 2.53. The topological polar surface area (TPSA) is 73.8 Å². The number of para-hydroxylation sites is 1. The largest absolute Gasteiger partial charge is 0.417 e. The van der Waals surface area contributed by atoms with Crippen LogP contribution in [0.25, 0.3) is 11.3 Å². The minimum absolute atomic E-state index is 0.276. The molecule has 0 saturated heterocycles. The van der Waals surface area contributed by atoms with Crippen molar-refractivity contribution in [2.45, 2.75) is 23.5 Å². The molecule has 0 aliphatic rings. The lowest BCUT2D eigenvalue weighted by Gasteiger charge is -2.11. The summed E-state index contributed by atoms with van der Waals surface area (Å²) in [7, 11) is 0. The molecule has 1 atom stereocenters. The van der Waals surface area contributed by atoms with Gasteiger partial charge in [0.25, 0.3) is 0 Å². The van der Waals surface area contributed by atoms with Gasteiger partial charge in [-0.05, 0) is 41.6 Å². The summed E-state index contributed by atoms with van der Waals surface area (Å²) in [4.78, 5) is 0. The van der Waals surface area contributed by atoms with Crippen LogP contribution in [0.2, 0.25) is 0 Å². The molecule has 3 aromatic heterocycles. The zero-order valence-corrected chi connectivity index (χ0v) is 14.7. The molecule has 0 N–H and O–H groups in total. The maximum atomic E-state index is 13.0. The van der Waals surface area contributed by atoms with E-state index < -0.39 is 11.7 Å². The number of nitrogens with zero attached hydrogens (tertiary/aromatic N) is 7. The van der Waals surface area contributed by atoms with Crippen molar-refractivity contribution in [3.63, 3.8) is 0 Å². The molecule has 138 valence electrons. The normalized spacial score (nSPS) is 13.2. The second-order valence-corrected chi connectivity index (χ2v) is 6.98. The average molecular weight is 391 g/mol. The van der Waals surface area contributed by atoms with Gasteiger partial charge in [-0.1, -0.05) is 30.0 Å². The van der Waals surface area contributed by atoms with Gasteiger partial charge in [-0.15, -0.1) is 15.3 Å². The van der Waals surface area contributed by atoms with Gasteiger partial charge in [0.05, 0.1) is 16.5 Å². The van der Waals surface area contributed by atoms with E-state index in [2.05, 4.69) is 25.7 Å². The van der Waals surface area contributed by atoms with E-state index in [1.807, 2.05) is 37.3 Å². The first-order chi connectivity index (χ1) is 12.9. The molecule has 0 fully saturated rings. The van der Waals surface area contributed by atoms with Crippen LogP contribution in [-0.2, 0) is 6.18 Å². The Kier molecular flexibility index (Phi) is 4.30. The summed E-state index contributed by atoms with van der Waals surface area (Å²) < 4.78 is 41.9. The number of alkyl halides is 3. The Morgan fingerprint density at radius 2 is 1.78 bits per heavy atom. The molecule has 0 unspecified atom stereocenters. The van der Waals surface area contributed by atoms with Gasteiger partial charge < -0.3 is 0 Å². The molecule has 7 nitrogen and oxygen atoms in total. The minimum Gasteiger partial charge on any atom is -0.277 e. The van der Waals surface area contributed by atoms with Crippen LogP contribution in [0.15, 0.2) is 53.8 Å². The minimum atomic E-state index is -4.44. The van der Waals surface area contributed by atoms with Crippen LogP contribution in [0.5, 0.6) is 0 Å². The van der Waals surface area contributed by atoms with Gasteiger partial charge in [0.1, 0.15) is 0 Å². The van der Waals surface area contributed by atoms with Crippen LogP contribution in [-0.4, -0.2) is 34.8 Å². The van der Waals surface area contributed by atoms with Crippen molar-refractivity contribution in [3.8, 4) is 5.69 Å². The van der Waals surface area contributed by atoms with Crippen LogP contribution in [0, 0.1) is 0 Å². The lowest BCUT2D eigenvalue weighted by molar-refractivity contribution is -0.137. The van der Waals surface area contributed by atoms with E-state index in [-0.39, 0.29) is 5.25 Å². The molecule has 0 saturated carbocycles. The molecule has 4 rings (SSSR count). The second kappa shape index (κ2) is 6.65. The van der Waals surface area contributed by atoms with Crippen molar-refractivity contribution in [1.82, 2.24) is 34.8 Å². The van der Waals surface area contributed by atoms with Crippen molar-refractivity contribution < 1.29 is 13.2 Å². The monoisotopic (exact) mass is 391 g/mol. The van der Waals surface area contributed by atoms with Crippen molar-refractivity contribution in [1.29, 1.82) is 0 Å². The number of halogens is 3. The molecule has 0 radical (unpaired) electrons. The van der Waals surface area contributed by atoms with Crippen molar-refractivity contribution in [2.24, 2.45) is 0 Å². The smallest absolute Gasteiger partial charge is 0.277 e. The number of benzene rings is 1. The van der Waals surface area contributed by atoms with Gasteiger partial charge in [0.15, 0.2) is 16.6 Å². The Morgan fingerprint density at radius 3 is 2.52 bits per heavy atom. The van der Waals surface area contributed by atoms with Crippen LogP contribution in [0.4, 0.5) is 13.2 Å². The number of hydrogen-bond acceptors (Lipinski definition) is 6. The van der Waals surface area contributed by atoms with Crippen molar-refractivity contribution in [2.75, 3.05) is 0 Å². The molecule has 27 heavy (non-hydrogen) atoms. The number of tetrazole rings is 1. The van der Waals surface area contributed by atoms with Crippen LogP contribution in [0.1, 0.15) is 23.6 Å². The lowest BCUT2D eigenvalue weighted by atomic mass is 10.3. The standard InChI is InChI=1S/C16H12F3N7S/c1-10(14-21-23-24-26(14)12-5-3-2-4-6-12)27-15-22-20-13-8-7-11(9-25(13)15)16(17,18)19/h2-10H,1H3/t10-/m1/s1. The summed E-state index contributed by atoms with van der Waals surface area (Å²) in [5, 5.41) is 19.7. The lowest BCUT2D eigenvalue weighted by Crippen LogP contribution is -2.07. The zero-order valence-electron chi connectivity index (χ0n) is 13.9. The summed E-state index contributed by atoms with van der Waals surface area (Å²) in [6.45, 7) is 1.85. The number of hydrogen-bond donors (Lipinski definition) is 0. The quantitative estimate of drug-likeness (QED) is 0.495. The highest BCUT2D eigenvalue weighted by atomic mass is 32.2. The maximum Gasteiger partial charge on any atom is 0.417 e. The molecule has 0 aliphatic heterocycles. The molecule has 0 bridgehead atoms. The van der Waals surface area contributed by atoms with Gasteiger partial charge in [0.2, 0.25) is 0 Å². The average Bonchev–Trinajstić information content (AvgIpc) is 3.29. The predicted molar refractivity (Wildman–Crippen MR) is 91.4 cm³/mol. The van der Waals surface area contributed by atoms with E-state index in [9.17, 15) is 13.2 Å². The number of rotatable bonds is 4. The summed E-state index contributed by atoms with van der Waals surface area (Å²) in [6, 6.07) is 11.6. The Balaban J connectivity index is 1.66. The molecule has 1 aromatic carbocycles. The number of thioether (sulfide) groups is 1. The molecule has 11 heteroatoms. The fraction of sp³-hybridized carbons (Fsp3) is 0.188.